The van der Waals surface area contributed by atoms with E-state index >= 15 is 0 Å². The number of carbonyl (C=O) groups excluding carboxylic acids is 2. The van der Waals surface area contributed by atoms with Gasteiger partial charge in [-0.3, -0.25) is 9.59 Å². The van der Waals surface area contributed by atoms with Gasteiger partial charge < -0.3 is 19.7 Å². The summed E-state index contributed by atoms with van der Waals surface area (Å²) in [5.74, 6) is 1.76. The monoisotopic (exact) mass is 334 g/mol. The largest absolute Gasteiger partial charge is 0.486 e. The number of benzene rings is 1. The zero-order valence-electron chi connectivity index (χ0n) is 12.6. The lowest BCUT2D eigenvalue weighted by Crippen LogP contribution is -2.40. The molecule has 0 bridgehead atoms. The molecule has 1 aromatic rings. The summed E-state index contributed by atoms with van der Waals surface area (Å²) in [4.78, 5) is 25.8. The van der Waals surface area contributed by atoms with Gasteiger partial charge in [-0.25, -0.2) is 0 Å². The number of nitrogens with zero attached hydrogens (tertiary/aromatic N) is 1. The fraction of sp³-hybridized carbons (Fsp3) is 0.500. The number of amides is 2. The molecule has 0 aromatic heterocycles. The number of hydrogen-bond acceptors (Lipinski definition) is 5. The van der Waals surface area contributed by atoms with Crippen molar-refractivity contribution in [3.05, 3.63) is 23.8 Å². The minimum atomic E-state index is -0.150. The highest BCUT2D eigenvalue weighted by atomic mass is 32.2. The second-order valence-corrected chi connectivity index (χ2v) is 7.00. The molecule has 2 fully saturated rings. The van der Waals surface area contributed by atoms with Crippen molar-refractivity contribution in [3.8, 4) is 11.5 Å². The molecule has 1 atom stereocenters. The molecule has 0 unspecified atom stereocenters. The minimum Gasteiger partial charge on any atom is -0.486 e. The highest BCUT2D eigenvalue weighted by Gasteiger charge is 2.35. The van der Waals surface area contributed by atoms with Crippen molar-refractivity contribution in [1.82, 2.24) is 10.2 Å². The second kappa shape index (κ2) is 5.96. The lowest BCUT2D eigenvalue weighted by Gasteiger charge is -2.25. The third-order valence-electron chi connectivity index (χ3n) is 4.08. The van der Waals surface area contributed by atoms with Crippen molar-refractivity contribution in [2.75, 3.05) is 25.5 Å². The Morgan fingerprint density at radius 2 is 2.04 bits per heavy atom. The Morgan fingerprint density at radius 1 is 1.26 bits per heavy atom. The van der Waals surface area contributed by atoms with Crippen molar-refractivity contribution in [2.45, 2.75) is 24.3 Å². The van der Waals surface area contributed by atoms with Gasteiger partial charge in [-0.1, -0.05) is 6.07 Å². The molecule has 6 nitrogen and oxygen atoms in total. The Hall–Kier alpha value is -1.89. The maximum absolute atomic E-state index is 12.2. The summed E-state index contributed by atoms with van der Waals surface area (Å²) in [6, 6.07) is 6.03. The summed E-state index contributed by atoms with van der Waals surface area (Å²) in [6.45, 7) is 1.19. The first-order valence-electron chi connectivity index (χ1n) is 7.81. The minimum absolute atomic E-state index is 0.000774. The molecule has 4 rings (SSSR count). The van der Waals surface area contributed by atoms with E-state index in [0.29, 0.717) is 30.8 Å². The number of nitrogens with one attached hydrogen (secondary N) is 1. The van der Waals surface area contributed by atoms with Gasteiger partial charge in [-0.05, 0) is 30.5 Å². The first-order chi connectivity index (χ1) is 11.2. The van der Waals surface area contributed by atoms with Crippen LogP contribution in [0, 0.1) is 0 Å². The van der Waals surface area contributed by atoms with Gasteiger partial charge in [0.25, 0.3) is 0 Å². The second-order valence-electron chi connectivity index (χ2n) is 5.93. The van der Waals surface area contributed by atoms with Crippen molar-refractivity contribution < 1.29 is 19.1 Å². The Labute approximate surface area is 138 Å². The van der Waals surface area contributed by atoms with E-state index in [1.54, 1.807) is 4.90 Å². The van der Waals surface area contributed by atoms with E-state index in [0.717, 1.165) is 24.2 Å². The lowest BCUT2D eigenvalue weighted by atomic mass is 10.1. The molecule has 2 heterocycles. The molecule has 1 N–H and O–H groups in total. The van der Waals surface area contributed by atoms with Crippen LogP contribution in [0.15, 0.2) is 18.2 Å². The number of fused-ring (bicyclic) bond motifs is 1. The normalized spacial score (nSPS) is 23.0. The molecule has 1 saturated carbocycles. The van der Waals surface area contributed by atoms with E-state index in [4.69, 9.17) is 9.47 Å². The lowest BCUT2D eigenvalue weighted by molar-refractivity contribution is -0.133. The number of carbonyl (C=O) groups is 2. The quantitative estimate of drug-likeness (QED) is 0.899. The Kier molecular flexibility index (Phi) is 3.80. The number of rotatable bonds is 4. The highest BCUT2D eigenvalue weighted by Crippen LogP contribution is 2.42. The van der Waals surface area contributed by atoms with Crippen molar-refractivity contribution in [1.29, 1.82) is 0 Å². The third-order valence-corrected chi connectivity index (χ3v) is 5.33. The van der Waals surface area contributed by atoms with E-state index in [1.165, 1.54) is 11.8 Å². The smallest absolute Gasteiger partial charge is 0.239 e. The number of ether oxygens (including phenoxy) is 2. The third kappa shape index (κ3) is 3.10. The predicted octanol–water partition coefficient (Wildman–Crippen LogP) is 1.31. The van der Waals surface area contributed by atoms with Crippen LogP contribution in [0.5, 0.6) is 11.5 Å². The summed E-state index contributed by atoms with van der Waals surface area (Å²) in [5.41, 5.74) is 0.962. The molecule has 0 spiro atoms. The van der Waals surface area contributed by atoms with Crippen LogP contribution in [0.4, 0.5) is 0 Å². The Balaban J connectivity index is 1.51. The van der Waals surface area contributed by atoms with Gasteiger partial charge in [0.1, 0.15) is 25.1 Å². The van der Waals surface area contributed by atoms with Crippen molar-refractivity contribution >= 4 is 23.6 Å². The van der Waals surface area contributed by atoms with Gasteiger partial charge in [0.2, 0.25) is 11.8 Å². The Morgan fingerprint density at radius 3 is 2.83 bits per heavy atom. The van der Waals surface area contributed by atoms with Gasteiger partial charge in [0, 0.05) is 6.04 Å². The van der Waals surface area contributed by atoms with Gasteiger partial charge in [-0.2, -0.15) is 0 Å². The number of hydrogen-bond donors (Lipinski definition) is 1. The molecular weight excluding hydrogens is 316 g/mol. The molecule has 1 aliphatic carbocycles. The summed E-state index contributed by atoms with van der Waals surface area (Å²) < 4.78 is 11.1. The van der Waals surface area contributed by atoms with E-state index in [2.05, 4.69) is 5.32 Å². The van der Waals surface area contributed by atoms with Gasteiger partial charge in [0.05, 0.1) is 5.75 Å². The highest BCUT2D eigenvalue weighted by molar-refractivity contribution is 8.00. The predicted molar refractivity (Wildman–Crippen MR) is 85.5 cm³/mol. The van der Waals surface area contributed by atoms with E-state index in [-0.39, 0.29) is 23.7 Å². The topological polar surface area (TPSA) is 67.9 Å². The van der Waals surface area contributed by atoms with Crippen LogP contribution in [-0.2, 0) is 9.59 Å². The molecule has 1 aromatic carbocycles. The van der Waals surface area contributed by atoms with E-state index in [9.17, 15) is 9.59 Å². The van der Waals surface area contributed by atoms with Gasteiger partial charge in [-0.15, -0.1) is 11.8 Å². The van der Waals surface area contributed by atoms with Crippen LogP contribution in [0.3, 0.4) is 0 Å². The summed E-state index contributed by atoms with van der Waals surface area (Å²) in [5, 5.41) is 2.79. The first-order valence-corrected chi connectivity index (χ1v) is 8.85. The van der Waals surface area contributed by atoms with Gasteiger partial charge >= 0.3 is 0 Å². The number of thioether (sulfide) groups is 1. The summed E-state index contributed by atoms with van der Waals surface area (Å²) >= 11 is 1.54. The summed E-state index contributed by atoms with van der Waals surface area (Å²) in [7, 11) is 0. The fourth-order valence-corrected chi connectivity index (χ4v) is 3.95. The van der Waals surface area contributed by atoms with Crippen molar-refractivity contribution in [2.24, 2.45) is 0 Å². The maximum atomic E-state index is 12.2. The molecular formula is C16H18N2O4S. The summed E-state index contributed by atoms with van der Waals surface area (Å²) in [6.07, 6.45) is 2.08. The molecule has 23 heavy (non-hydrogen) atoms. The fourth-order valence-electron chi connectivity index (χ4n) is 2.77. The van der Waals surface area contributed by atoms with Crippen molar-refractivity contribution in [3.63, 3.8) is 0 Å². The van der Waals surface area contributed by atoms with Crippen LogP contribution in [0.25, 0.3) is 0 Å². The molecule has 0 radical (unpaired) electrons. The zero-order valence-corrected chi connectivity index (χ0v) is 13.4. The molecule has 2 amide bonds. The van der Waals surface area contributed by atoms with E-state index in [1.807, 2.05) is 18.2 Å². The average molecular weight is 334 g/mol. The van der Waals surface area contributed by atoms with Crippen LogP contribution in [0.1, 0.15) is 23.8 Å². The molecule has 7 heteroatoms. The maximum Gasteiger partial charge on any atom is 0.239 e. The molecule has 122 valence electrons. The average Bonchev–Trinajstić information content (AvgIpc) is 3.30. The first kappa shape index (κ1) is 14.7. The van der Waals surface area contributed by atoms with E-state index < -0.39 is 0 Å². The van der Waals surface area contributed by atoms with Crippen LogP contribution >= 0.6 is 11.8 Å². The van der Waals surface area contributed by atoms with Gasteiger partial charge in [0.15, 0.2) is 11.5 Å². The van der Waals surface area contributed by atoms with Crippen LogP contribution < -0.4 is 14.8 Å². The molecule has 1 saturated heterocycles. The standard InChI is InChI=1S/C16H18N2O4S/c19-14(17-11-2-3-11)8-18-15(20)9-23-16(18)10-1-4-12-13(7-10)22-6-5-21-12/h1,4,7,11,16H,2-3,5-6,8-9H2,(H,17,19)/t16-/m0/s1. The van der Waals surface area contributed by atoms with Crippen LogP contribution in [0.2, 0.25) is 0 Å². The van der Waals surface area contributed by atoms with Crippen LogP contribution in [-0.4, -0.2) is 48.3 Å². The zero-order chi connectivity index (χ0) is 15.8. The Bertz CT molecular complexity index is 647. The molecule has 2 aliphatic heterocycles. The SMILES string of the molecule is O=C(CN1C(=O)CS[C@H]1c1ccc2c(c1)OCCO2)NC1CC1. The molecule has 3 aliphatic rings.